The van der Waals surface area contributed by atoms with Gasteiger partial charge in [-0.2, -0.15) is 0 Å². The van der Waals surface area contributed by atoms with Crippen molar-refractivity contribution in [1.29, 1.82) is 0 Å². The first-order valence-corrected chi connectivity index (χ1v) is 10.0. The van der Waals surface area contributed by atoms with Gasteiger partial charge in [0.2, 0.25) is 0 Å². The summed E-state index contributed by atoms with van der Waals surface area (Å²) in [6, 6.07) is 14.1. The summed E-state index contributed by atoms with van der Waals surface area (Å²) >= 11 is 0. The van der Waals surface area contributed by atoms with Gasteiger partial charge in [-0.15, -0.1) is 10.2 Å². The Bertz CT molecular complexity index is 1030. The maximum absolute atomic E-state index is 5.80. The number of ether oxygens (including phenoxy) is 2. The number of guanidine groups is 1. The predicted octanol–water partition coefficient (Wildman–Crippen LogP) is 3.04. The van der Waals surface area contributed by atoms with Crippen LogP contribution in [0, 0.1) is 6.92 Å². The van der Waals surface area contributed by atoms with Crippen LogP contribution in [0.4, 0.5) is 5.69 Å². The van der Waals surface area contributed by atoms with E-state index in [1.807, 2.05) is 41.9 Å². The SMILES string of the molecule is Cc1ccccc1CN=C(NCc1nncn1C)Nc1ccc2c(c1)OCCCO2. The molecule has 0 aliphatic carbocycles. The van der Waals surface area contributed by atoms with Crippen LogP contribution in [-0.4, -0.2) is 33.9 Å². The average molecular weight is 406 g/mol. The van der Waals surface area contributed by atoms with Crippen LogP contribution in [-0.2, 0) is 20.1 Å². The van der Waals surface area contributed by atoms with Crippen LogP contribution in [0.2, 0.25) is 0 Å². The summed E-state index contributed by atoms with van der Waals surface area (Å²) < 4.78 is 13.4. The second-order valence-corrected chi connectivity index (χ2v) is 7.14. The smallest absolute Gasteiger partial charge is 0.196 e. The van der Waals surface area contributed by atoms with Gasteiger partial charge in [-0.1, -0.05) is 24.3 Å². The topological polar surface area (TPSA) is 85.6 Å². The average Bonchev–Trinajstić information content (AvgIpc) is 3.02. The second kappa shape index (κ2) is 9.30. The number of nitrogens with zero attached hydrogens (tertiary/aromatic N) is 4. The number of hydrogen-bond donors (Lipinski definition) is 2. The van der Waals surface area contributed by atoms with Crippen LogP contribution in [0.5, 0.6) is 11.5 Å². The summed E-state index contributed by atoms with van der Waals surface area (Å²) in [4.78, 5) is 4.77. The lowest BCUT2D eigenvalue weighted by molar-refractivity contribution is 0.297. The molecule has 0 bridgehead atoms. The molecule has 0 saturated carbocycles. The maximum atomic E-state index is 5.80. The summed E-state index contributed by atoms with van der Waals surface area (Å²) in [5.74, 6) is 2.97. The third-order valence-electron chi connectivity index (χ3n) is 4.90. The van der Waals surface area contributed by atoms with E-state index in [4.69, 9.17) is 14.5 Å². The largest absolute Gasteiger partial charge is 0.490 e. The van der Waals surface area contributed by atoms with Crippen molar-refractivity contribution in [3.05, 3.63) is 65.7 Å². The molecule has 0 unspecified atom stereocenters. The Hall–Kier alpha value is -3.55. The van der Waals surface area contributed by atoms with Gasteiger partial charge in [0.15, 0.2) is 23.3 Å². The van der Waals surface area contributed by atoms with Crippen LogP contribution in [0.25, 0.3) is 0 Å². The zero-order valence-corrected chi connectivity index (χ0v) is 17.3. The molecule has 156 valence electrons. The Balaban J connectivity index is 1.53. The number of aryl methyl sites for hydroxylation is 2. The molecule has 0 radical (unpaired) electrons. The molecule has 4 rings (SSSR count). The molecule has 0 fully saturated rings. The van der Waals surface area contributed by atoms with Gasteiger partial charge in [0, 0.05) is 25.2 Å². The fourth-order valence-electron chi connectivity index (χ4n) is 3.10. The van der Waals surface area contributed by atoms with Crippen molar-refractivity contribution in [1.82, 2.24) is 20.1 Å². The lowest BCUT2D eigenvalue weighted by Gasteiger charge is -2.15. The first-order valence-electron chi connectivity index (χ1n) is 10.0. The Morgan fingerprint density at radius 1 is 1.13 bits per heavy atom. The highest BCUT2D eigenvalue weighted by Crippen LogP contribution is 2.32. The molecule has 0 atom stereocenters. The Labute approximate surface area is 176 Å². The first-order chi connectivity index (χ1) is 14.7. The Morgan fingerprint density at radius 2 is 1.97 bits per heavy atom. The van der Waals surface area contributed by atoms with E-state index in [0.717, 1.165) is 29.4 Å². The third kappa shape index (κ3) is 4.89. The van der Waals surface area contributed by atoms with Crippen molar-refractivity contribution in [2.75, 3.05) is 18.5 Å². The predicted molar refractivity (Wildman–Crippen MR) is 116 cm³/mol. The van der Waals surface area contributed by atoms with E-state index in [1.54, 1.807) is 6.33 Å². The zero-order chi connectivity index (χ0) is 20.8. The molecule has 0 amide bonds. The van der Waals surface area contributed by atoms with Gasteiger partial charge >= 0.3 is 0 Å². The summed E-state index contributed by atoms with van der Waals surface area (Å²) in [5.41, 5.74) is 3.26. The van der Waals surface area contributed by atoms with Gasteiger partial charge in [-0.3, -0.25) is 0 Å². The Morgan fingerprint density at radius 3 is 2.77 bits per heavy atom. The summed E-state index contributed by atoms with van der Waals surface area (Å²) in [6.45, 7) is 4.47. The van der Waals surface area contributed by atoms with Crippen LogP contribution < -0.4 is 20.1 Å². The molecule has 0 saturated heterocycles. The summed E-state index contributed by atoms with van der Waals surface area (Å²) in [5, 5.41) is 14.8. The molecule has 8 nitrogen and oxygen atoms in total. The fraction of sp³-hybridized carbons (Fsp3) is 0.318. The van der Waals surface area contributed by atoms with Crippen molar-refractivity contribution in [2.24, 2.45) is 12.0 Å². The number of nitrogens with one attached hydrogen (secondary N) is 2. The number of hydrogen-bond acceptors (Lipinski definition) is 5. The molecule has 1 aliphatic heterocycles. The second-order valence-electron chi connectivity index (χ2n) is 7.14. The highest BCUT2D eigenvalue weighted by molar-refractivity contribution is 5.93. The van der Waals surface area contributed by atoms with Crippen LogP contribution in [0.15, 0.2) is 53.8 Å². The third-order valence-corrected chi connectivity index (χ3v) is 4.90. The van der Waals surface area contributed by atoms with Gasteiger partial charge in [0.25, 0.3) is 0 Å². The van der Waals surface area contributed by atoms with Crippen molar-refractivity contribution >= 4 is 11.6 Å². The normalized spacial score (nSPS) is 13.6. The lowest BCUT2D eigenvalue weighted by atomic mass is 10.1. The van der Waals surface area contributed by atoms with E-state index in [9.17, 15) is 0 Å². The fourth-order valence-corrected chi connectivity index (χ4v) is 3.10. The molecule has 2 heterocycles. The van der Waals surface area contributed by atoms with Gasteiger partial charge in [0.05, 0.1) is 26.3 Å². The number of aliphatic imine (C=N–C) groups is 1. The molecule has 2 aromatic carbocycles. The van der Waals surface area contributed by atoms with Crippen molar-refractivity contribution in [3.8, 4) is 11.5 Å². The van der Waals surface area contributed by atoms with Crippen LogP contribution in [0.3, 0.4) is 0 Å². The van der Waals surface area contributed by atoms with E-state index in [-0.39, 0.29) is 0 Å². The van der Waals surface area contributed by atoms with Gasteiger partial charge < -0.3 is 24.7 Å². The molecule has 1 aromatic heterocycles. The number of rotatable bonds is 5. The number of aromatic nitrogens is 3. The van der Waals surface area contributed by atoms with Gasteiger partial charge in [-0.05, 0) is 30.2 Å². The molecule has 3 aromatic rings. The van der Waals surface area contributed by atoms with Crippen molar-refractivity contribution in [2.45, 2.75) is 26.4 Å². The van der Waals surface area contributed by atoms with E-state index in [2.05, 4.69) is 39.9 Å². The molecular formula is C22H26N6O2. The van der Waals surface area contributed by atoms with E-state index in [0.29, 0.717) is 32.3 Å². The monoisotopic (exact) mass is 406 g/mol. The number of anilines is 1. The minimum Gasteiger partial charge on any atom is -0.490 e. The van der Waals surface area contributed by atoms with Crippen molar-refractivity contribution < 1.29 is 9.47 Å². The molecule has 30 heavy (non-hydrogen) atoms. The maximum Gasteiger partial charge on any atom is 0.196 e. The lowest BCUT2D eigenvalue weighted by Crippen LogP contribution is -2.31. The zero-order valence-electron chi connectivity index (χ0n) is 17.3. The Kier molecular flexibility index (Phi) is 6.12. The molecule has 2 N–H and O–H groups in total. The molecule has 8 heteroatoms. The number of benzene rings is 2. The number of fused-ring (bicyclic) bond motifs is 1. The van der Waals surface area contributed by atoms with Crippen molar-refractivity contribution in [3.63, 3.8) is 0 Å². The van der Waals surface area contributed by atoms with Gasteiger partial charge in [0.1, 0.15) is 6.33 Å². The van der Waals surface area contributed by atoms with E-state index < -0.39 is 0 Å². The van der Waals surface area contributed by atoms with E-state index in [1.165, 1.54) is 11.1 Å². The minimum absolute atomic E-state index is 0.501. The van der Waals surface area contributed by atoms with Crippen LogP contribution in [0.1, 0.15) is 23.4 Å². The van der Waals surface area contributed by atoms with Gasteiger partial charge in [-0.25, -0.2) is 4.99 Å². The van der Waals surface area contributed by atoms with Crippen LogP contribution >= 0.6 is 0 Å². The highest BCUT2D eigenvalue weighted by Gasteiger charge is 2.12. The minimum atomic E-state index is 0.501. The van der Waals surface area contributed by atoms with E-state index >= 15 is 0 Å². The standard InChI is InChI=1S/C22H26N6O2/c1-16-6-3-4-7-17(16)13-23-22(24-14-21-27-25-15-28(21)2)26-18-8-9-19-20(12-18)30-11-5-10-29-19/h3-4,6-9,12,15H,5,10-11,13-14H2,1-2H3,(H2,23,24,26). The molecular weight excluding hydrogens is 380 g/mol. The molecule has 0 spiro atoms. The summed E-state index contributed by atoms with van der Waals surface area (Å²) in [6.07, 6.45) is 2.55. The quantitative estimate of drug-likeness (QED) is 0.500. The first kappa shape index (κ1) is 19.8. The highest BCUT2D eigenvalue weighted by atomic mass is 16.5. The molecule has 1 aliphatic rings. The summed E-state index contributed by atoms with van der Waals surface area (Å²) in [7, 11) is 1.92.